The molecule has 0 unspecified atom stereocenters. The van der Waals surface area contributed by atoms with Gasteiger partial charge in [-0.05, 0) is 62.4 Å². The first-order valence-corrected chi connectivity index (χ1v) is 13.8. The molecule has 0 radical (unpaired) electrons. The van der Waals surface area contributed by atoms with E-state index in [1.54, 1.807) is 7.11 Å². The minimum Gasteiger partial charge on any atom is -0.497 e. The molecule has 2 fully saturated rings. The van der Waals surface area contributed by atoms with Gasteiger partial charge in [0.05, 0.1) is 26.0 Å². The molecule has 1 atom stereocenters. The number of hydrogen-bond acceptors (Lipinski definition) is 6. The molecular weight excluding hydrogens is 442 g/mol. The van der Waals surface area contributed by atoms with Crippen molar-refractivity contribution in [2.24, 2.45) is 5.92 Å². The number of fused-ring (bicyclic) bond motifs is 4. The van der Waals surface area contributed by atoms with Crippen LogP contribution in [0.3, 0.4) is 0 Å². The molecule has 8 nitrogen and oxygen atoms in total. The highest BCUT2D eigenvalue weighted by Crippen LogP contribution is 2.49. The minimum atomic E-state index is -3.49. The topological polar surface area (TPSA) is 95.1 Å². The maximum Gasteiger partial charge on any atom is 0.211 e. The summed E-state index contributed by atoms with van der Waals surface area (Å²) < 4.78 is 38.0. The molecule has 182 valence electrons. The van der Waals surface area contributed by atoms with Crippen LogP contribution in [0.15, 0.2) is 18.2 Å². The van der Waals surface area contributed by atoms with E-state index in [1.807, 2.05) is 12.1 Å². The Kier molecular flexibility index (Phi) is 6.20. The van der Waals surface area contributed by atoms with Crippen LogP contribution in [-0.2, 0) is 20.2 Å². The number of piperidine rings is 1. The summed E-state index contributed by atoms with van der Waals surface area (Å²) in [5, 5.41) is 11.3. The summed E-state index contributed by atoms with van der Waals surface area (Å²) in [6.45, 7) is 4.85. The highest BCUT2D eigenvalue weighted by Gasteiger charge is 2.49. The zero-order valence-electron chi connectivity index (χ0n) is 19.5. The molecule has 4 heterocycles. The highest BCUT2D eigenvalue weighted by molar-refractivity contribution is 7.88. The van der Waals surface area contributed by atoms with Crippen LogP contribution in [0, 0.1) is 5.92 Å². The van der Waals surface area contributed by atoms with Gasteiger partial charge in [-0.1, -0.05) is 0 Å². The van der Waals surface area contributed by atoms with Gasteiger partial charge in [-0.25, -0.2) is 8.42 Å². The van der Waals surface area contributed by atoms with E-state index < -0.39 is 16.1 Å². The Labute approximate surface area is 195 Å². The monoisotopic (exact) mass is 477 g/mol. The number of ether oxygens (including phenoxy) is 2. The predicted octanol–water partition coefficient (Wildman–Crippen LogP) is 2.25. The summed E-state index contributed by atoms with van der Waals surface area (Å²) in [6.07, 6.45) is 5.28. The summed E-state index contributed by atoms with van der Waals surface area (Å²) in [7, 11) is -1.85. The lowest BCUT2D eigenvalue weighted by Gasteiger charge is -2.49. The van der Waals surface area contributed by atoms with Crippen LogP contribution in [0.2, 0.25) is 0 Å². The zero-order valence-corrected chi connectivity index (χ0v) is 20.4. The van der Waals surface area contributed by atoms with Crippen molar-refractivity contribution >= 4 is 20.9 Å². The second kappa shape index (κ2) is 8.85. The van der Waals surface area contributed by atoms with E-state index in [-0.39, 0.29) is 12.0 Å². The molecular formula is C24H35N3O5S. The van der Waals surface area contributed by atoms with Crippen LogP contribution in [0.1, 0.15) is 43.0 Å². The number of H-pyrrole nitrogens is 1. The molecule has 1 aromatic heterocycles. The number of nitrogens with one attached hydrogen (secondary N) is 1. The van der Waals surface area contributed by atoms with E-state index >= 15 is 0 Å². The van der Waals surface area contributed by atoms with E-state index in [2.05, 4.69) is 16.0 Å². The van der Waals surface area contributed by atoms with Crippen LogP contribution in [-0.4, -0.2) is 87.1 Å². The van der Waals surface area contributed by atoms with Crippen molar-refractivity contribution in [2.75, 3.05) is 59.4 Å². The third kappa shape index (κ3) is 4.18. The van der Waals surface area contributed by atoms with Gasteiger partial charge >= 0.3 is 0 Å². The van der Waals surface area contributed by atoms with Crippen LogP contribution < -0.4 is 4.74 Å². The summed E-state index contributed by atoms with van der Waals surface area (Å²) in [4.78, 5) is 6.01. The van der Waals surface area contributed by atoms with Crippen molar-refractivity contribution in [3.05, 3.63) is 29.5 Å². The quantitative estimate of drug-likeness (QED) is 0.686. The summed E-state index contributed by atoms with van der Waals surface area (Å²) in [6, 6.07) is 5.39. The number of nitrogens with zero attached hydrogens (tertiary/aromatic N) is 2. The van der Waals surface area contributed by atoms with Gasteiger partial charge in [0.15, 0.2) is 0 Å². The molecule has 2 saturated heterocycles. The molecule has 1 spiro atoms. The fraction of sp³-hybridized carbons (Fsp3) is 0.667. The van der Waals surface area contributed by atoms with Gasteiger partial charge in [-0.2, -0.15) is 4.31 Å². The van der Waals surface area contributed by atoms with Gasteiger partial charge in [-0.15, -0.1) is 0 Å². The number of hydrogen-bond donors (Lipinski definition) is 2. The van der Waals surface area contributed by atoms with Crippen molar-refractivity contribution in [3.8, 4) is 5.75 Å². The van der Waals surface area contributed by atoms with Crippen molar-refractivity contribution in [3.63, 3.8) is 0 Å². The highest BCUT2D eigenvalue weighted by atomic mass is 32.2. The number of aromatic nitrogens is 1. The van der Waals surface area contributed by atoms with Gasteiger partial charge < -0.3 is 24.5 Å². The fourth-order valence-electron chi connectivity index (χ4n) is 6.17. The van der Waals surface area contributed by atoms with Crippen molar-refractivity contribution in [2.45, 2.75) is 37.1 Å². The first-order valence-electron chi connectivity index (χ1n) is 11.9. The van der Waals surface area contributed by atoms with Gasteiger partial charge in [0.1, 0.15) is 5.75 Å². The Morgan fingerprint density at radius 2 is 1.97 bits per heavy atom. The van der Waals surface area contributed by atoms with E-state index in [0.717, 1.165) is 80.9 Å². The number of sulfonamides is 1. The predicted molar refractivity (Wildman–Crippen MR) is 127 cm³/mol. The Bertz CT molecular complexity index is 1100. The van der Waals surface area contributed by atoms with Crippen molar-refractivity contribution in [1.29, 1.82) is 0 Å². The summed E-state index contributed by atoms with van der Waals surface area (Å²) in [5.41, 5.74) is 2.67. The molecule has 33 heavy (non-hydrogen) atoms. The minimum absolute atomic E-state index is 0.254. The Hall–Kier alpha value is -1.65. The van der Waals surface area contributed by atoms with Gasteiger partial charge in [-0.3, -0.25) is 0 Å². The first-order chi connectivity index (χ1) is 15.8. The Balaban J connectivity index is 1.52. The van der Waals surface area contributed by atoms with Crippen LogP contribution in [0.5, 0.6) is 5.75 Å². The Morgan fingerprint density at radius 1 is 1.24 bits per heavy atom. The average molecular weight is 478 g/mol. The molecule has 3 aliphatic rings. The molecule has 0 aliphatic carbocycles. The lowest BCUT2D eigenvalue weighted by Crippen LogP contribution is -2.55. The largest absolute Gasteiger partial charge is 0.497 e. The van der Waals surface area contributed by atoms with E-state index in [1.165, 1.54) is 16.1 Å². The molecule has 1 aromatic carbocycles. The number of aliphatic hydroxyl groups excluding tert-OH is 1. The number of aliphatic hydroxyl groups is 1. The molecule has 2 N–H and O–H groups in total. The average Bonchev–Trinajstić information content (AvgIpc) is 3.20. The van der Waals surface area contributed by atoms with E-state index in [4.69, 9.17) is 9.47 Å². The summed E-state index contributed by atoms with van der Waals surface area (Å²) in [5.74, 6) is 1.43. The second-order valence-corrected chi connectivity index (χ2v) is 11.9. The number of aromatic amines is 1. The molecule has 9 heteroatoms. The van der Waals surface area contributed by atoms with Crippen molar-refractivity contribution in [1.82, 2.24) is 14.2 Å². The van der Waals surface area contributed by atoms with Crippen LogP contribution in [0.25, 0.3) is 10.9 Å². The molecule has 0 saturated carbocycles. The van der Waals surface area contributed by atoms with Crippen molar-refractivity contribution < 1.29 is 23.0 Å². The second-order valence-electron chi connectivity index (χ2n) is 9.97. The molecule has 5 rings (SSSR count). The maximum absolute atomic E-state index is 12.8. The maximum atomic E-state index is 12.8. The van der Waals surface area contributed by atoms with Crippen LogP contribution >= 0.6 is 0 Å². The third-order valence-electron chi connectivity index (χ3n) is 7.97. The van der Waals surface area contributed by atoms with Gasteiger partial charge in [0, 0.05) is 54.4 Å². The third-order valence-corrected chi connectivity index (χ3v) is 9.21. The molecule has 0 bridgehead atoms. The standard InChI is InChI=1S/C24H35N3O5S/c1-31-18-3-4-19-20(13-18)25-23-21(15-28)27(33(2,29)30)16-24(22(19)23)7-9-26(10-8-24)14-17-5-11-32-12-6-17/h3-4,13,17,21,25,28H,5-12,14-16H2,1-2H3/t21-/m0/s1. The van der Waals surface area contributed by atoms with E-state index in [9.17, 15) is 13.5 Å². The van der Waals surface area contributed by atoms with Crippen LogP contribution in [0.4, 0.5) is 0 Å². The van der Waals surface area contributed by atoms with Gasteiger partial charge in [0.2, 0.25) is 10.0 Å². The SMILES string of the molecule is COc1ccc2c3c([nH]c2c1)[C@H](CO)N(S(C)(=O)=O)CC31CCN(CC2CCOCC2)CC1. The lowest BCUT2D eigenvalue weighted by atomic mass is 9.68. The number of rotatable bonds is 5. The smallest absolute Gasteiger partial charge is 0.211 e. The number of methoxy groups -OCH3 is 1. The first kappa shape index (κ1) is 23.1. The lowest BCUT2D eigenvalue weighted by molar-refractivity contribution is 0.0398. The molecule has 3 aliphatic heterocycles. The van der Waals surface area contributed by atoms with E-state index in [0.29, 0.717) is 12.5 Å². The molecule has 0 amide bonds. The number of benzene rings is 1. The fourth-order valence-corrected chi connectivity index (χ4v) is 7.29. The molecule has 2 aromatic rings. The Morgan fingerprint density at radius 3 is 2.61 bits per heavy atom. The zero-order chi connectivity index (χ0) is 23.2. The summed E-state index contributed by atoms with van der Waals surface area (Å²) >= 11 is 0. The van der Waals surface area contributed by atoms with Gasteiger partial charge in [0.25, 0.3) is 0 Å². The number of likely N-dealkylation sites (tertiary alicyclic amines) is 1. The normalized spacial score (nSPS) is 24.9.